The van der Waals surface area contributed by atoms with Gasteiger partial charge in [0.2, 0.25) is 0 Å². The Morgan fingerprint density at radius 1 is 1.20 bits per heavy atom. The van der Waals surface area contributed by atoms with Crippen LogP contribution in [0.5, 0.6) is 5.75 Å². The molecular weight excluding hydrogens is 250 g/mol. The first kappa shape index (κ1) is 13.6. The minimum absolute atomic E-state index is 0.680. The van der Waals surface area contributed by atoms with Crippen molar-refractivity contribution in [1.29, 1.82) is 0 Å². The smallest absolute Gasteiger partial charge is 0.123 e. The maximum absolute atomic E-state index is 6.01. The molecule has 0 aromatic heterocycles. The molecule has 2 heterocycles. The number of benzene rings is 1. The predicted octanol–water partition coefficient (Wildman–Crippen LogP) is 2.34. The zero-order valence-corrected chi connectivity index (χ0v) is 12.3. The highest BCUT2D eigenvalue weighted by Crippen LogP contribution is 2.29. The largest absolute Gasteiger partial charge is 0.494 e. The summed E-state index contributed by atoms with van der Waals surface area (Å²) in [6.45, 7) is 7.34. The maximum Gasteiger partial charge on any atom is 0.123 e. The van der Waals surface area contributed by atoms with Gasteiger partial charge in [-0.25, -0.2) is 0 Å². The average Bonchev–Trinajstić information content (AvgIpc) is 2.46. The van der Waals surface area contributed by atoms with Crippen molar-refractivity contribution in [2.24, 2.45) is 0 Å². The van der Waals surface area contributed by atoms with E-state index in [2.05, 4.69) is 21.9 Å². The lowest BCUT2D eigenvalue weighted by molar-refractivity contribution is 0.133. The molecule has 2 fully saturated rings. The summed E-state index contributed by atoms with van der Waals surface area (Å²) in [5.41, 5.74) is 8.01. The molecule has 1 aromatic rings. The van der Waals surface area contributed by atoms with E-state index in [0.29, 0.717) is 6.61 Å². The van der Waals surface area contributed by atoms with Crippen molar-refractivity contribution in [2.45, 2.75) is 32.2 Å². The Morgan fingerprint density at radius 2 is 2.10 bits per heavy atom. The fraction of sp³-hybridized carbons (Fsp3) is 0.625. The van der Waals surface area contributed by atoms with E-state index in [0.717, 1.165) is 30.6 Å². The molecule has 2 saturated heterocycles. The molecule has 4 nitrogen and oxygen atoms in total. The third-order valence-corrected chi connectivity index (χ3v) is 4.43. The summed E-state index contributed by atoms with van der Waals surface area (Å²) in [5, 5.41) is 0. The van der Waals surface area contributed by atoms with Crippen LogP contribution in [0.1, 0.15) is 26.2 Å². The first-order chi connectivity index (χ1) is 9.76. The first-order valence-electron chi connectivity index (χ1n) is 7.78. The third-order valence-electron chi connectivity index (χ3n) is 4.43. The molecule has 0 aliphatic carbocycles. The molecule has 2 aliphatic heterocycles. The number of piperazine rings is 1. The number of nitrogen functional groups attached to an aromatic ring is 1. The summed E-state index contributed by atoms with van der Waals surface area (Å²) < 4.78 is 5.61. The van der Waals surface area contributed by atoms with E-state index in [1.54, 1.807) is 0 Å². The molecule has 1 aromatic carbocycles. The number of hydrogen-bond donors (Lipinski definition) is 1. The van der Waals surface area contributed by atoms with Gasteiger partial charge in [-0.1, -0.05) is 6.42 Å². The van der Waals surface area contributed by atoms with Crippen molar-refractivity contribution in [3.63, 3.8) is 0 Å². The highest BCUT2D eigenvalue weighted by molar-refractivity contribution is 5.61. The average molecular weight is 275 g/mol. The van der Waals surface area contributed by atoms with Crippen molar-refractivity contribution in [1.82, 2.24) is 4.90 Å². The highest BCUT2D eigenvalue weighted by atomic mass is 16.5. The lowest BCUT2D eigenvalue weighted by Gasteiger charge is -2.45. The summed E-state index contributed by atoms with van der Waals surface area (Å²) >= 11 is 0. The van der Waals surface area contributed by atoms with Gasteiger partial charge in [-0.05, 0) is 32.4 Å². The van der Waals surface area contributed by atoms with E-state index < -0.39 is 0 Å². The van der Waals surface area contributed by atoms with Crippen LogP contribution in [0, 0.1) is 0 Å². The fourth-order valence-corrected chi connectivity index (χ4v) is 3.43. The summed E-state index contributed by atoms with van der Waals surface area (Å²) in [5.74, 6) is 0.883. The van der Waals surface area contributed by atoms with Crippen LogP contribution in [-0.2, 0) is 0 Å². The van der Waals surface area contributed by atoms with Crippen molar-refractivity contribution < 1.29 is 4.74 Å². The Kier molecular flexibility index (Phi) is 4.01. The summed E-state index contributed by atoms with van der Waals surface area (Å²) in [6.07, 6.45) is 4.07. The van der Waals surface area contributed by atoms with Crippen LogP contribution < -0.4 is 15.4 Å². The molecule has 1 atom stereocenters. The van der Waals surface area contributed by atoms with Crippen LogP contribution in [-0.4, -0.2) is 43.7 Å². The standard InChI is InChI=1S/C16H25N3O/c1-2-20-16-10-13(17)9-15(11-16)19-8-7-18-6-4-3-5-14(18)12-19/h9-11,14H,2-8,12,17H2,1H3. The number of fused-ring (bicyclic) bond motifs is 1. The van der Waals surface area contributed by atoms with E-state index in [4.69, 9.17) is 10.5 Å². The Balaban J connectivity index is 1.75. The topological polar surface area (TPSA) is 41.7 Å². The van der Waals surface area contributed by atoms with Gasteiger partial charge in [-0.2, -0.15) is 0 Å². The van der Waals surface area contributed by atoms with Crippen molar-refractivity contribution >= 4 is 11.4 Å². The SMILES string of the molecule is CCOc1cc(N)cc(N2CCN3CCCCC3C2)c1. The molecule has 110 valence electrons. The molecule has 0 radical (unpaired) electrons. The van der Waals surface area contributed by atoms with Gasteiger partial charge < -0.3 is 15.4 Å². The molecular formula is C16H25N3O. The number of nitrogens with zero attached hydrogens (tertiary/aromatic N) is 2. The van der Waals surface area contributed by atoms with Gasteiger partial charge in [0, 0.05) is 49.2 Å². The molecule has 0 saturated carbocycles. The first-order valence-corrected chi connectivity index (χ1v) is 7.78. The van der Waals surface area contributed by atoms with Crippen LogP contribution in [0.15, 0.2) is 18.2 Å². The molecule has 1 unspecified atom stereocenters. The van der Waals surface area contributed by atoms with Gasteiger partial charge >= 0.3 is 0 Å². The minimum atomic E-state index is 0.680. The lowest BCUT2D eigenvalue weighted by Crippen LogP contribution is -2.54. The number of piperidine rings is 1. The number of ether oxygens (including phenoxy) is 1. The Hall–Kier alpha value is -1.42. The van der Waals surface area contributed by atoms with E-state index in [9.17, 15) is 0 Å². The number of rotatable bonds is 3. The van der Waals surface area contributed by atoms with Crippen LogP contribution >= 0.6 is 0 Å². The molecule has 0 amide bonds. The Labute approximate surface area is 121 Å². The monoisotopic (exact) mass is 275 g/mol. The molecule has 2 aliphatic rings. The van der Waals surface area contributed by atoms with Crippen molar-refractivity contribution in [3.05, 3.63) is 18.2 Å². The molecule has 3 rings (SSSR count). The summed E-state index contributed by atoms with van der Waals surface area (Å²) in [6, 6.07) is 6.82. The number of nitrogens with two attached hydrogens (primary N) is 1. The second-order valence-corrected chi connectivity index (χ2v) is 5.82. The second-order valence-electron chi connectivity index (χ2n) is 5.82. The van der Waals surface area contributed by atoms with E-state index in [1.165, 1.54) is 38.0 Å². The maximum atomic E-state index is 6.01. The normalized spacial score (nSPS) is 23.4. The zero-order valence-electron chi connectivity index (χ0n) is 12.3. The quantitative estimate of drug-likeness (QED) is 0.860. The van der Waals surface area contributed by atoms with Gasteiger partial charge in [0.05, 0.1) is 6.61 Å². The number of anilines is 2. The van der Waals surface area contributed by atoms with Gasteiger partial charge in [0.25, 0.3) is 0 Å². The Morgan fingerprint density at radius 3 is 2.95 bits per heavy atom. The predicted molar refractivity (Wildman–Crippen MR) is 83.4 cm³/mol. The van der Waals surface area contributed by atoms with E-state index >= 15 is 0 Å². The van der Waals surface area contributed by atoms with Crippen LogP contribution in [0.3, 0.4) is 0 Å². The lowest BCUT2D eigenvalue weighted by atomic mass is 9.99. The van der Waals surface area contributed by atoms with Crippen molar-refractivity contribution in [2.75, 3.05) is 43.4 Å². The molecule has 20 heavy (non-hydrogen) atoms. The molecule has 4 heteroatoms. The van der Waals surface area contributed by atoms with E-state index in [-0.39, 0.29) is 0 Å². The third kappa shape index (κ3) is 2.85. The summed E-state index contributed by atoms with van der Waals surface area (Å²) in [4.78, 5) is 5.11. The number of hydrogen-bond acceptors (Lipinski definition) is 4. The Bertz CT molecular complexity index is 463. The van der Waals surface area contributed by atoms with E-state index in [1.807, 2.05) is 13.0 Å². The van der Waals surface area contributed by atoms with Gasteiger partial charge in [-0.15, -0.1) is 0 Å². The summed E-state index contributed by atoms with van der Waals surface area (Å²) in [7, 11) is 0. The molecule has 0 bridgehead atoms. The van der Waals surface area contributed by atoms with Crippen molar-refractivity contribution in [3.8, 4) is 5.75 Å². The fourth-order valence-electron chi connectivity index (χ4n) is 3.43. The molecule has 2 N–H and O–H groups in total. The van der Waals surface area contributed by atoms with Crippen LogP contribution in [0.25, 0.3) is 0 Å². The van der Waals surface area contributed by atoms with Gasteiger partial charge in [0.15, 0.2) is 0 Å². The van der Waals surface area contributed by atoms with Crippen LogP contribution in [0.4, 0.5) is 11.4 Å². The van der Waals surface area contributed by atoms with Crippen LogP contribution in [0.2, 0.25) is 0 Å². The highest BCUT2D eigenvalue weighted by Gasteiger charge is 2.29. The zero-order chi connectivity index (χ0) is 13.9. The van der Waals surface area contributed by atoms with Gasteiger partial charge in [0.1, 0.15) is 5.75 Å². The minimum Gasteiger partial charge on any atom is -0.494 e. The van der Waals surface area contributed by atoms with Gasteiger partial charge in [-0.3, -0.25) is 4.90 Å². The molecule has 0 spiro atoms. The second kappa shape index (κ2) is 5.92.